The monoisotopic (exact) mass is 526 g/mol. The molecule has 7 heteroatoms. The predicted molar refractivity (Wildman–Crippen MR) is 146 cm³/mol. The zero-order chi connectivity index (χ0) is 25.9. The van der Waals surface area contributed by atoms with Crippen molar-refractivity contribution >= 4 is 35.0 Å². The summed E-state index contributed by atoms with van der Waals surface area (Å²) in [5.41, 5.74) is 2.62. The number of hydrogen-bond acceptors (Lipinski definition) is 3. The molecule has 0 unspecified atom stereocenters. The van der Waals surface area contributed by atoms with E-state index in [1.54, 1.807) is 18.2 Å². The fourth-order valence-corrected chi connectivity index (χ4v) is 4.29. The molecule has 0 fully saturated rings. The summed E-state index contributed by atoms with van der Waals surface area (Å²) in [5.74, 6) is 0.0222. The van der Waals surface area contributed by atoms with Crippen LogP contribution in [0.2, 0.25) is 10.0 Å². The van der Waals surface area contributed by atoms with Crippen molar-refractivity contribution in [2.45, 2.75) is 45.7 Å². The van der Waals surface area contributed by atoms with Gasteiger partial charge < -0.3 is 15.0 Å². The number of aryl methyl sites for hydroxylation is 1. The Balaban J connectivity index is 1.92. The lowest BCUT2D eigenvalue weighted by atomic mass is 10.0. The van der Waals surface area contributed by atoms with Crippen molar-refractivity contribution < 1.29 is 14.3 Å². The number of unbranched alkanes of at least 4 members (excludes halogenated alkanes) is 1. The molecule has 190 valence electrons. The van der Waals surface area contributed by atoms with E-state index in [1.807, 2.05) is 61.5 Å². The Morgan fingerprint density at radius 1 is 0.944 bits per heavy atom. The molecule has 0 heterocycles. The highest BCUT2D eigenvalue weighted by Gasteiger charge is 2.31. The van der Waals surface area contributed by atoms with Crippen LogP contribution in [0.25, 0.3) is 0 Å². The Morgan fingerprint density at radius 2 is 1.61 bits per heavy atom. The van der Waals surface area contributed by atoms with Crippen LogP contribution in [0.15, 0.2) is 72.8 Å². The van der Waals surface area contributed by atoms with E-state index in [4.69, 9.17) is 27.9 Å². The molecule has 0 spiro atoms. The first-order chi connectivity index (χ1) is 17.4. The first-order valence-electron chi connectivity index (χ1n) is 12.1. The van der Waals surface area contributed by atoms with Crippen LogP contribution in [0.5, 0.6) is 5.75 Å². The number of rotatable bonds is 12. The van der Waals surface area contributed by atoms with Gasteiger partial charge in [-0.15, -0.1) is 0 Å². The highest BCUT2D eigenvalue weighted by atomic mass is 35.5. The third-order valence-electron chi connectivity index (χ3n) is 5.87. The Labute approximate surface area is 223 Å². The molecule has 3 aromatic rings. The smallest absolute Gasteiger partial charge is 0.261 e. The van der Waals surface area contributed by atoms with Gasteiger partial charge in [-0.25, -0.2) is 0 Å². The lowest BCUT2D eigenvalue weighted by molar-refractivity contribution is -0.142. The summed E-state index contributed by atoms with van der Waals surface area (Å²) >= 11 is 12.9. The molecule has 5 nitrogen and oxygen atoms in total. The van der Waals surface area contributed by atoms with Gasteiger partial charge in [0.2, 0.25) is 5.91 Å². The molecule has 1 N–H and O–H groups in total. The second-order valence-electron chi connectivity index (χ2n) is 8.67. The average molecular weight is 527 g/mol. The van der Waals surface area contributed by atoms with E-state index in [1.165, 1.54) is 4.90 Å². The van der Waals surface area contributed by atoms with Crippen LogP contribution in [0, 0.1) is 6.92 Å². The average Bonchev–Trinajstić information content (AvgIpc) is 2.88. The number of amides is 2. The van der Waals surface area contributed by atoms with Gasteiger partial charge in [0.25, 0.3) is 5.91 Å². The van der Waals surface area contributed by atoms with Crippen molar-refractivity contribution in [2.75, 3.05) is 13.2 Å². The van der Waals surface area contributed by atoms with Gasteiger partial charge in [0.15, 0.2) is 6.61 Å². The number of hydrogen-bond donors (Lipinski definition) is 1. The van der Waals surface area contributed by atoms with E-state index in [0.717, 1.165) is 24.0 Å². The molecule has 0 aromatic heterocycles. The molecule has 0 aliphatic heterocycles. The lowest BCUT2D eigenvalue weighted by Crippen LogP contribution is -2.52. The van der Waals surface area contributed by atoms with Gasteiger partial charge in [-0.2, -0.15) is 0 Å². The summed E-state index contributed by atoms with van der Waals surface area (Å²) in [6, 6.07) is 21.5. The quantitative estimate of drug-likeness (QED) is 0.284. The standard InChI is InChI=1S/C29H32Cl2N2O3/c1-3-4-17-32-29(35)27(18-22-9-6-5-7-10-22)33(19-24-25(30)11-8-12-26(24)31)28(34)20-36-23-15-13-21(2)14-16-23/h5-16,27H,3-4,17-20H2,1-2H3,(H,32,35)/t27-/m0/s1. The van der Waals surface area contributed by atoms with E-state index >= 15 is 0 Å². The van der Waals surface area contributed by atoms with E-state index in [2.05, 4.69) is 12.2 Å². The first kappa shape index (κ1) is 27.6. The third-order valence-corrected chi connectivity index (χ3v) is 6.58. The molecular formula is C29H32Cl2N2O3. The van der Waals surface area contributed by atoms with Gasteiger partial charge in [0.1, 0.15) is 11.8 Å². The maximum Gasteiger partial charge on any atom is 0.261 e. The Hall–Kier alpha value is -3.02. The molecule has 0 saturated carbocycles. The van der Waals surface area contributed by atoms with Crippen LogP contribution in [0.3, 0.4) is 0 Å². The minimum absolute atomic E-state index is 0.0767. The number of nitrogens with one attached hydrogen (secondary N) is 1. The third kappa shape index (κ3) is 8.00. The summed E-state index contributed by atoms with van der Waals surface area (Å²) in [4.78, 5) is 28.6. The van der Waals surface area contributed by atoms with Gasteiger partial charge in [0, 0.05) is 35.1 Å². The van der Waals surface area contributed by atoms with E-state index in [0.29, 0.717) is 34.3 Å². The first-order valence-corrected chi connectivity index (χ1v) is 12.9. The summed E-state index contributed by atoms with van der Waals surface area (Å²) in [7, 11) is 0. The molecule has 0 bridgehead atoms. The largest absolute Gasteiger partial charge is 0.484 e. The van der Waals surface area contributed by atoms with Gasteiger partial charge in [0.05, 0.1) is 0 Å². The van der Waals surface area contributed by atoms with Crippen molar-refractivity contribution in [2.24, 2.45) is 0 Å². The van der Waals surface area contributed by atoms with Gasteiger partial charge in [-0.05, 0) is 43.2 Å². The number of carbonyl (C=O) groups is 2. The maximum atomic E-state index is 13.6. The van der Waals surface area contributed by atoms with Crippen molar-refractivity contribution in [1.82, 2.24) is 10.2 Å². The molecule has 0 saturated heterocycles. The molecule has 1 atom stereocenters. The van der Waals surface area contributed by atoms with Crippen molar-refractivity contribution in [3.05, 3.63) is 99.5 Å². The van der Waals surface area contributed by atoms with Crippen molar-refractivity contribution in [1.29, 1.82) is 0 Å². The van der Waals surface area contributed by atoms with E-state index < -0.39 is 6.04 Å². The van der Waals surface area contributed by atoms with Crippen LogP contribution in [0.1, 0.15) is 36.5 Å². The molecule has 3 rings (SSSR count). The van der Waals surface area contributed by atoms with Crippen LogP contribution >= 0.6 is 23.2 Å². The van der Waals surface area contributed by atoms with Gasteiger partial charge in [-0.1, -0.05) is 90.6 Å². The molecule has 0 aliphatic rings. The summed E-state index contributed by atoms with van der Waals surface area (Å²) in [6.45, 7) is 4.43. The highest BCUT2D eigenvalue weighted by molar-refractivity contribution is 6.36. The maximum absolute atomic E-state index is 13.6. The Bertz CT molecular complexity index is 1120. The van der Waals surface area contributed by atoms with Crippen LogP contribution in [-0.2, 0) is 22.6 Å². The number of halogens is 2. The second-order valence-corrected chi connectivity index (χ2v) is 9.49. The predicted octanol–water partition coefficient (Wildman–Crippen LogP) is 6.24. The normalized spacial score (nSPS) is 11.6. The molecule has 2 amide bonds. The lowest BCUT2D eigenvalue weighted by Gasteiger charge is -2.32. The van der Waals surface area contributed by atoms with Crippen LogP contribution in [0.4, 0.5) is 0 Å². The number of benzene rings is 3. The van der Waals surface area contributed by atoms with Crippen molar-refractivity contribution in [3.8, 4) is 5.75 Å². The molecule has 3 aromatic carbocycles. The second kappa shape index (κ2) is 13.9. The highest BCUT2D eigenvalue weighted by Crippen LogP contribution is 2.27. The zero-order valence-corrected chi connectivity index (χ0v) is 22.2. The molecule has 0 aliphatic carbocycles. The SMILES string of the molecule is CCCCNC(=O)[C@H](Cc1ccccc1)N(Cc1c(Cl)cccc1Cl)C(=O)COc1ccc(C)cc1. The fourth-order valence-electron chi connectivity index (χ4n) is 3.78. The molecule has 0 radical (unpaired) electrons. The number of carbonyl (C=O) groups excluding carboxylic acids is 2. The van der Waals surface area contributed by atoms with Gasteiger partial charge >= 0.3 is 0 Å². The topological polar surface area (TPSA) is 58.6 Å². The fraction of sp³-hybridized carbons (Fsp3) is 0.310. The zero-order valence-electron chi connectivity index (χ0n) is 20.7. The number of nitrogens with zero attached hydrogens (tertiary/aromatic N) is 1. The molecular weight excluding hydrogens is 495 g/mol. The van der Waals surface area contributed by atoms with E-state index in [-0.39, 0.29) is 25.0 Å². The van der Waals surface area contributed by atoms with E-state index in [9.17, 15) is 9.59 Å². The molecule has 36 heavy (non-hydrogen) atoms. The Kier molecular flexibility index (Phi) is 10.6. The summed E-state index contributed by atoms with van der Waals surface area (Å²) < 4.78 is 5.79. The van der Waals surface area contributed by atoms with Gasteiger partial charge in [-0.3, -0.25) is 9.59 Å². The summed E-state index contributed by atoms with van der Waals surface area (Å²) in [5, 5.41) is 3.86. The van der Waals surface area contributed by atoms with Crippen LogP contribution < -0.4 is 10.1 Å². The Morgan fingerprint density at radius 3 is 2.25 bits per heavy atom. The minimum Gasteiger partial charge on any atom is -0.484 e. The summed E-state index contributed by atoms with van der Waals surface area (Å²) in [6.07, 6.45) is 2.15. The van der Waals surface area contributed by atoms with Crippen molar-refractivity contribution in [3.63, 3.8) is 0 Å². The van der Waals surface area contributed by atoms with Crippen LogP contribution in [-0.4, -0.2) is 35.9 Å². The number of ether oxygens (including phenoxy) is 1. The minimum atomic E-state index is -0.772.